The quantitative estimate of drug-likeness (QED) is 0.741. The fourth-order valence-corrected chi connectivity index (χ4v) is 1.47. The van der Waals surface area contributed by atoms with E-state index in [9.17, 15) is 4.79 Å². The van der Waals surface area contributed by atoms with Crippen LogP contribution in [0, 0.1) is 11.3 Å². The van der Waals surface area contributed by atoms with Crippen LogP contribution in [0.3, 0.4) is 0 Å². The Labute approximate surface area is 93.2 Å². The largest absolute Gasteiger partial charge is 0.494 e. The fourth-order valence-electron chi connectivity index (χ4n) is 1.22. The van der Waals surface area contributed by atoms with Gasteiger partial charge in [-0.25, -0.2) is 0 Å². The number of Topliss-reactive ketones (excluding diaryl/α,β-unsaturated/α-hetero) is 1. The van der Waals surface area contributed by atoms with Crippen LogP contribution in [0.15, 0.2) is 12.1 Å². The maximum Gasteiger partial charge on any atom is 0.161 e. The Balaban J connectivity index is 3.33. The third-order valence-electron chi connectivity index (χ3n) is 1.87. The molecule has 0 aromatic heterocycles. The van der Waals surface area contributed by atoms with Crippen molar-refractivity contribution < 1.29 is 9.53 Å². The van der Waals surface area contributed by atoms with Crippen molar-refractivity contribution in [2.45, 2.75) is 13.8 Å². The summed E-state index contributed by atoms with van der Waals surface area (Å²) < 4.78 is 5.23. The second kappa shape index (κ2) is 4.81. The number of carbonyl (C=O) groups excluding carboxylic acids is 1. The summed E-state index contributed by atoms with van der Waals surface area (Å²) in [4.78, 5) is 11.3. The van der Waals surface area contributed by atoms with Crippen molar-refractivity contribution in [3.05, 3.63) is 28.3 Å². The number of ether oxygens (including phenoxy) is 1. The molecule has 0 amide bonds. The van der Waals surface area contributed by atoms with Crippen LogP contribution in [0.25, 0.3) is 0 Å². The number of benzene rings is 1. The first-order chi connectivity index (χ1) is 7.10. The minimum absolute atomic E-state index is 0.199. The summed E-state index contributed by atoms with van der Waals surface area (Å²) in [6.45, 7) is 3.71. The molecule has 0 fully saturated rings. The zero-order valence-corrected chi connectivity index (χ0v) is 9.26. The van der Waals surface area contributed by atoms with E-state index >= 15 is 0 Å². The monoisotopic (exact) mass is 223 g/mol. The zero-order chi connectivity index (χ0) is 11.4. The van der Waals surface area contributed by atoms with E-state index in [2.05, 4.69) is 0 Å². The lowest BCUT2D eigenvalue weighted by atomic mass is 10.0. The molecular weight excluding hydrogens is 214 g/mol. The van der Waals surface area contributed by atoms with E-state index in [-0.39, 0.29) is 16.4 Å². The van der Waals surface area contributed by atoms with Gasteiger partial charge in [0.1, 0.15) is 11.8 Å². The molecule has 0 aliphatic carbocycles. The number of carbonyl (C=O) groups is 1. The summed E-state index contributed by atoms with van der Waals surface area (Å²) in [5.74, 6) is 0.307. The first-order valence-electron chi connectivity index (χ1n) is 4.47. The van der Waals surface area contributed by atoms with Gasteiger partial charge in [-0.3, -0.25) is 4.79 Å². The number of rotatable bonds is 3. The SMILES string of the molecule is CCOc1cc(Cl)c(C#N)c(C(C)=O)c1. The highest BCUT2D eigenvalue weighted by Crippen LogP contribution is 2.26. The van der Waals surface area contributed by atoms with Gasteiger partial charge >= 0.3 is 0 Å². The van der Waals surface area contributed by atoms with E-state index in [1.165, 1.54) is 19.1 Å². The number of nitrogens with zero attached hydrogens (tertiary/aromatic N) is 1. The highest BCUT2D eigenvalue weighted by atomic mass is 35.5. The molecule has 0 spiro atoms. The van der Waals surface area contributed by atoms with Crippen molar-refractivity contribution in [2.24, 2.45) is 0 Å². The van der Waals surface area contributed by atoms with E-state index in [1.54, 1.807) is 0 Å². The molecule has 0 aliphatic rings. The normalized spacial score (nSPS) is 9.47. The van der Waals surface area contributed by atoms with Gasteiger partial charge in [-0.05, 0) is 19.9 Å². The molecule has 0 saturated heterocycles. The molecule has 0 heterocycles. The van der Waals surface area contributed by atoms with Gasteiger partial charge in [-0.1, -0.05) is 11.6 Å². The second-order valence-electron chi connectivity index (χ2n) is 2.93. The van der Waals surface area contributed by atoms with Gasteiger partial charge in [-0.2, -0.15) is 5.26 Å². The minimum Gasteiger partial charge on any atom is -0.494 e. The molecule has 0 radical (unpaired) electrons. The lowest BCUT2D eigenvalue weighted by molar-refractivity contribution is 0.101. The Morgan fingerprint density at radius 3 is 2.73 bits per heavy atom. The van der Waals surface area contributed by atoms with Gasteiger partial charge in [0.2, 0.25) is 0 Å². The van der Waals surface area contributed by atoms with Crippen molar-refractivity contribution in [1.29, 1.82) is 5.26 Å². The van der Waals surface area contributed by atoms with Crippen LogP contribution < -0.4 is 4.74 Å². The predicted octanol–water partition coefficient (Wildman–Crippen LogP) is 2.81. The number of nitriles is 1. The average molecular weight is 224 g/mol. The van der Waals surface area contributed by atoms with E-state index in [0.717, 1.165) is 0 Å². The Morgan fingerprint density at radius 2 is 2.27 bits per heavy atom. The lowest BCUT2D eigenvalue weighted by Crippen LogP contribution is -2.00. The molecule has 0 aliphatic heterocycles. The molecule has 0 atom stereocenters. The Morgan fingerprint density at radius 1 is 1.60 bits per heavy atom. The lowest BCUT2D eigenvalue weighted by Gasteiger charge is -2.07. The molecule has 4 heteroatoms. The van der Waals surface area contributed by atoms with Gasteiger partial charge in [0.25, 0.3) is 0 Å². The molecule has 3 nitrogen and oxygen atoms in total. The molecule has 1 aromatic carbocycles. The molecule has 0 bridgehead atoms. The van der Waals surface area contributed by atoms with Gasteiger partial charge in [0, 0.05) is 11.6 Å². The van der Waals surface area contributed by atoms with E-state index in [0.29, 0.717) is 17.9 Å². The van der Waals surface area contributed by atoms with Gasteiger partial charge < -0.3 is 4.74 Å². The maximum absolute atomic E-state index is 11.3. The molecule has 1 rings (SSSR count). The smallest absolute Gasteiger partial charge is 0.161 e. The first kappa shape index (κ1) is 11.5. The third kappa shape index (κ3) is 2.48. The van der Waals surface area contributed by atoms with Crippen LogP contribution >= 0.6 is 11.6 Å². The maximum atomic E-state index is 11.3. The van der Waals surface area contributed by atoms with Crippen molar-refractivity contribution in [2.75, 3.05) is 6.61 Å². The summed E-state index contributed by atoms with van der Waals surface area (Å²) in [5.41, 5.74) is 0.501. The topological polar surface area (TPSA) is 50.1 Å². The van der Waals surface area contributed by atoms with Gasteiger partial charge in [0.15, 0.2) is 5.78 Å². The van der Waals surface area contributed by atoms with Gasteiger partial charge in [0.05, 0.1) is 17.2 Å². The summed E-state index contributed by atoms with van der Waals surface area (Å²) in [5, 5.41) is 9.09. The Kier molecular flexibility index (Phi) is 3.70. The van der Waals surface area contributed by atoms with E-state index in [1.807, 2.05) is 13.0 Å². The standard InChI is InChI=1S/C11H10ClNO2/c1-3-15-8-4-9(7(2)14)10(6-13)11(12)5-8/h4-5H,3H2,1-2H3. The van der Waals surface area contributed by atoms with Crippen LogP contribution in [-0.2, 0) is 0 Å². The molecule has 15 heavy (non-hydrogen) atoms. The zero-order valence-electron chi connectivity index (χ0n) is 8.50. The number of hydrogen-bond donors (Lipinski definition) is 0. The number of ketones is 1. The highest BCUT2D eigenvalue weighted by molar-refractivity contribution is 6.32. The molecule has 78 valence electrons. The Hall–Kier alpha value is -1.53. The van der Waals surface area contributed by atoms with Crippen LogP contribution in [0.1, 0.15) is 29.8 Å². The summed E-state index contributed by atoms with van der Waals surface area (Å²) in [6, 6.07) is 4.98. The van der Waals surface area contributed by atoms with Crippen LogP contribution in [-0.4, -0.2) is 12.4 Å². The predicted molar refractivity (Wildman–Crippen MR) is 57.3 cm³/mol. The van der Waals surface area contributed by atoms with E-state index in [4.69, 9.17) is 21.6 Å². The van der Waals surface area contributed by atoms with Crippen LogP contribution in [0.2, 0.25) is 5.02 Å². The molecule has 0 unspecified atom stereocenters. The molecule has 0 N–H and O–H groups in total. The van der Waals surface area contributed by atoms with E-state index < -0.39 is 0 Å². The van der Waals surface area contributed by atoms with Crippen molar-refractivity contribution >= 4 is 17.4 Å². The van der Waals surface area contributed by atoms with Gasteiger partial charge in [-0.15, -0.1) is 0 Å². The van der Waals surface area contributed by atoms with Crippen LogP contribution in [0.4, 0.5) is 0 Å². The minimum atomic E-state index is -0.199. The third-order valence-corrected chi connectivity index (χ3v) is 2.16. The molecule has 0 saturated carbocycles. The van der Waals surface area contributed by atoms with Crippen molar-refractivity contribution in [3.63, 3.8) is 0 Å². The second-order valence-corrected chi connectivity index (χ2v) is 3.34. The van der Waals surface area contributed by atoms with Crippen LogP contribution in [0.5, 0.6) is 5.75 Å². The van der Waals surface area contributed by atoms with Crippen molar-refractivity contribution in [1.82, 2.24) is 0 Å². The Bertz CT molecular complexity index is 435. The summed E-state index contributed by atoms with van der Waals surface area (Å²) in [7, 11) is 0. The number of hydrogen-bond acceptors (Lipinski definition) is 3. The summed E-state index contributed by atoms with van der Waals surface area (Å²) >= 11 is 5.86. The highest BCUT2D eigenvalue weighted by Gasteiger charge is 2.13. The average Bonchev–Trinajstić information content (AvgIpc) is 2.17. The number of halogens is 1. The first-order valence-corrected chi connectivity index (χ1v) is 4.85. The summed E-state index contributed by atoms with van der Waals surface area (Å²) in [6.07, 6.45) is 0. The molecule has 1 aromatic rings. The molecular formula is C11H10ClNO2. The fraction of sp³-hybridized carbons (Fsp3) is 0.273. The van der Waals surface area contributed by atoms with Crippen molar-refractivity contribution in [3.8, 4) is 11.8 Å².